The zero-order chi connectivity index (χ0) is 19.0. The fraction of sp³-hybridized carbons (Fsp3) is 0.611. The smallest absolute Gasteiger partial charge is 0.232 e. The van der Waals surface area contributed by atoms with Crippen LogP contribution in [-0.4, -0.2) is 59.2 Å². The molecule has 1 aromatic carbocycles. The summed E-state index contributed by atoms with van der Waals surface area (Å²) >= 11 is 0. The van der Waals surface area contributed by atoms with Crippen molar-refractivity contribution in [2.75, 3.05) is 44.3 Å². The average molecular weight is 370 g/mol. The monoisotopic (exact) mass is 369 g/mol. The Hall–Kier alpha value is -1.60. The number of nitrogens with zero attached hydrogens (tertiary/aromatic N) is 2. The van der Waals surface area contributed by atoms with E-state index in [1.54, 1.807) is 0 Å². The lowest BCUT2D eigenvalue weighted by molar-refractivity contribution is -0.120. The summed E-state index contributed by atoms with van der Waals surface area (Å²) in [6, 6.07) is 5.76. The molecule has 0 aliphatic heterocycles. The lowest BCUT2D eigenvalue weighted by Crippen LogP contribution is -2.36. The van der Waals surface area contributed by atoms with Gasteiger partial charge in [0.25, 0.3) is 0 Å². The van der Waals surface area contributed by atoms with E-state index in [9.17, 15) is 13.2 Å². The molecule has 7 heteroatoms. The van der Waals surface area contributed by atoms with E-state index in [-0.39, 0.29) is 18.9 Å². The van der Waals surface area contributed by atoms with Crippen LogP contribution < -0.4 is 9.62 Å². The summed E-state index contributed by atoms with van der Waals surface area (Å²) in [6.45, 7) is 5.54. The van der Waals surface area contributed by atoms with Gasteiger partial charge in [0.05, 0.1) is 11.9 Å². The number of carbonyl (C=O) groups is 1. The van der Waals surface area contributed by atoms with Crippen LogP contribution in [0.1, 0.15) is 30.9 Å². The predicted molar refractivity (Wildman–Crippen MR) is 104 cm³/mol. The van der Waals surface area contributed by atoms with Gasteiger partial charge in [-0.1, -0.05) is 25.1 Å². The normalized spacial score (nSPS) is 11.6. The molecule has 0 heterocycles. The summed E-state index contributed by atoms with van der Waals surface area (Å²) in [5.74, 6) is -0.126. The Morgan fingerprint density at radius 1 is 1.20 bits per heavy atom. The number of para-hydroxylation sites is 1. The summed E-state index contributed by atoms with van der Waals surface area (Å²) < 4.78 is 25.9. The first-order valence-electron chi connectivity index (χ1n) is 8.64. The molecule has 0 radical (unpaired) electrons. The van der Waals surface area contributed by atoms with Crippen LogP contribution in [0.3, 0.4) is 0 Å². The van der Waals surface area contributed by atoms with E-state index < -0.39 is 10.0 Å². The van der Waals surface area contributed by atoms with Gasteiger partial charge in [-0.3, -0.25) is 9.10 Å². The largest absolute Gasteiger partial charge is 0.356 e. The fourth-order valence-corrected chi connectivity index (χ4v) is 3.74. The highest BCUT2D eigenvalue weighted by Crippen LogP contribution is 2.28. The molecule has 1 amide bonds. The van der Waals surface area contributed by atoms with Crippen molar-refractivity contribution in [1.82, 2.24) is 10.2 Å². The summed E-state index contributed by atoms with van der Waals surface area (Å²) in [7, 11) is 0.512. The van der Waals surface area contributed by atoms with Crippen molar-refractivity contribution < 1.29 is 13.2 Å². The van der Waals surface area contributed by atoms with Crippen molar-refractivity contribution >= 4 is 21.6 Å². The number of amides is 1. The van der Waals surface area contributed by atoms with Crippen LogP contribution in [0.5, 0.6) is 0 Å². The molecule has 0 unspecified atom stereocenters. The third kappa shape index (κ3) is 7.04. The molecule has 0 aliphatic rings. The Labute approximate surface area is 152 Å². The van der Waals surface area contributed by atoms with Gasteiger partial charge in [0.2, 0.25) is 15.9 Å². The number of sulfonamides is 1. The molecule has 1 rings (SSSR count). The number of carbonyl (C=O) groups excluding carboxylic acids is 1. The number of nitrogens with one attached hydrogen (secondary N) is 1. The Morgan fingerprint density at radius 3 is 2.44 bits per heavy atom. The van der Waals surface area contributed by atoms with Crippen LogP contribution in [-0.2, 0) is 21.2 Å². The van der Waals surface area contributed by atoms with Crippen molar-refractivity contribution in [2.45, 2.75) is 33.1 Å². The van der Waals surface area contributed by atoms with Gasteiger partial charge in [-0.2, -0.15) is 0 Å². The Bertz CT molecular complexity index is 672. The van der Waals surface area contributed by atoms with Crippen molar-refractivity contribution in [2.24, 2.45) is 0 Å². The lowest BCUT2D eigenvalue weighted by atomic mass is 10.1. The maximum atomic E-state index is 12.3. The first kappa shape index (κ1) is 21.4. The molecular formula is C18H31N3O3S. The van der Waals surface area contributed by atoms with E-state index in [1.165, 1.54) is 10.6 Å². The maximum Gasteiger partial charge on any atom is 0.232 e. The number of benzene rings is 1. The predicted octanol–water partition coefficient (Wildman–Crippen LogP) is 1.78. The van der Waals surface area contributed by atoms with Crippen LogP contribution in [0, 0.1) is 6.92 Å². The quantitative estimate of drug-likeness (QED) is 0.638. The van der Waals surface area contributed by atoms with Gasteiger partial charge in [-0.05, 0) is 51.5 Å². The molecule has 25 heavy (non-hydrogen) atoms. The highest BCUT2D eigenvalue weighted by molar-refractivity contribution is 7.92. The molecule has 6 nitrogen and oxygen atoms in total. The molecule has 0 aliphatic carbocycles. The third-order valence-electron chi connectivity index (χ3n) is 4.00. The van der Waals surface area contributed by atoms with Gasteiger partial charge >= 0.3 is 0 Å². The Balaban J connectivity index is 2.79. The van der Waals surface area contributed by atoms with E-state index in [2.05, 4.69) is 10.2 Å². The highest BCUT2D eigenvalue weighted by atomic mass is 32.2. The van der Waals surface area contributed by atoms with Crippen molar-refractivity contribution in [1.29, 1.82) is 0 Å². The number of hydrogen-bond donors (Lipinski definition) is 1. The number of hydrogen-bond acceptors (Lipinski definition) is 4. The summed E-state index contributed by atoms with van der Waals surface area (Å²) in [6.07, 6.45) is 2.94. The van der Waals surface area contributed by atoms with Gasteiger partial charge in [0.1, 0.15) is 0 Å². The molecule has 142 valence electrons. The van der Waals surface area contributed by atoms with E-state index in [0.29, 0.717) is 12.2 Å². The van der Waals surface area contributed by atoms with Crippen LogP contribution in [0.15, 0.2) is 18.2 Å². The molecule has 0 saturated heterocycles. The van der Waals surface area contributed by atoms with Gasteiger partial charge in [0, 0.05) is 19.5 Å². The molecule has 1 aromatic rings. The molecule has 0 atom stereocenters. The van der Waals surface area contributed by atoms with E-state index in [4.69, 9.17) is 0 Å². The molecule has 0 saturated carbocycles. The first-order valence-corrected chi connectivity index (χ1v) is 10.5. The van der Waals surface area contributed by atoms with Gasteiger partial charge in [-0.25, -0.2) is 8.42 Å². The van der Waals surface area contributed by atoms with Crippen molar-refractivity contribution in [3.8, 4) is 0 Å². The molecular weight excluding hydrogens is 338 g/mol. The highest BCUT2D eigenvalue weighted by Gasteiger charge is 2.22. The van der Waals surface area contributed by atoms with E-state index >= 15 is 0 Å². The first-order chi connectivity index (χ1) is 11.7. The van der Waals surface area contributed by atoms with E-state index in [0.717, 1.165) is 30.5 Å². The number of rotatable bonds is 10. The molecule has 1 N–H and O–H groups in total. The minimum Gasteiger partial charge on any atom is -0.356 e. The Kier molecular flexibility index (Phi) is 8.38. The summed E-state index contributed by atoms with van der Waals surface area (Å²) in [4.78, 5) is 14.1. The minimum atomic E-state index is -3.46. The lowest BCUT2D eigenvalue weighted by Gasteiger charge is -2.26. The zero-order valence-corrected chi connectivity index (χ0v) is 16.8. The second kappa shape index (κ2) is 9.77. The second-order valence-corrected chi connectivity index (χ2v) is 8.43. The topological polar surface area (TPSA) is 69.7 Å². The van der Waals surface area contributed by atoms with Crippen LogP contribution in [0.2, 0.25) is 0 Å². The van der Waals surface area contributed by atoms with Crippen LogP contribution in [0.25, 0.3) is 0 Å². The van der Waals surface area contributed by atoms with Crippen LogP contribution >= 0.6 is 0 Å². The molecule has 0 fully saturated rings. The maximum absolute atomic E-state index is 12.3. The van der Waals surface area contributed by atoms with Gasteiger partial charge < -0.3 is 10.2 Å². The van der Waals surface area contributed by atoms with Gasteiger partial charge in [-0.15, -0.1) is 0 Å². The van der Waals surface area contributed by atoms with E-state index in [1.807, 2.05) is 46.1 Å². The van der Waals surface area contributed by atoms with Crippen molar-refractivity contribution in [3.05, 3.63) is 29.3 Å². The summed E-state index contributed by atoms with van der Waals surface area (Å²) in [5, 5.41) is 2.85. The third-order valence-corrected chi connectivity index (χ3v) is 5.16. The summed E-state index contributed by atoms with van der Waals surface area (Å²) in [5.41, 5.74) is 2.57. The second-order valence-electron chi connectivity index (χ2n) is 6.53. The zero-order valence-electron chi connectivity index (χ0n) is 16.0. The number of anilines is 1. The minimum absolute atomic E-state index is 0.126. The fourth-order valence-electron chi connectivity index (χ4n) is 2.72. The standard InChI is InChI=1S/C18H31N3O3S/c1-6-16-10-7-9-15(2)18(16)21(25(5,23)24)14-11-17(22)19-12-8-13-20(3)4/h7,9-10H,6,8,11-14H2,1-5H3,(H,19,22). The SMILES string of the molecule is CCc1cccc(C)c1N(CCC(=O)NCCCN(C)C)S(C)(=O)=O. The molecule has 0 aromatic heterocycles. The molecule has 0 bridgehead atoms. The number of aryl methyl sites for hydroxylation is 2. The molecule has 0 spiro atoms. The Morgan fingerprint density at radius 2 is 1.88 bits per heavy atom. The van der Waals surface area contributed by atoms with Crippen LogP contribution in [0.4, 0.5) is 5.69 Å². The van der Waals surface area contributed by atoms with Crippen molar-refractivity contribution in [3.63, 3.8) is 0 Å². The van der Waals surface area contributed by atoms with Gasteiger partial charge in [0.15, 0.2) is 0 Å². The average Bonchev–Trinajstić information content (AvgIpc) is 2.51.